The van der Waals surface area contributed by atoms with Crippen LogP contribution < -0.4 is 10.2 Å². The van der Waals surface area contributed by atoms with Crippen molar-refractivity contribution < 1.29 is 4.79 Å². The molecule has 1 aliphatic rings. The second-order valence-electron chi connectivity index (χ2n) is 5.34. The van der Waals surface area contributed by atoms with Crippen molar-refractivity contribution in [1.82, 2.24) is 5.32 Å². The van der Waals surface area contributed by atoms with Gasteiger partial charge in [0.25, 0.3) is 0 Å². The number of carbonyl (C=O) groups excluding carboxylic acids is 1. The zero-order valence-corrected chi connectivity index (χ0v) is 11.4. The number of carbonyl (C=O) groups is 1. The first-order chi connectivity index (χ1) is 8.58. The first-order valence-electron chi connectivity index (χ1n) is 6.72. The van der Waals surface area contributed by atoms with E-state index >= 15 is 0 Å². The van der Waals surface area contributed by atoms with E-state index in [4.69, 9.17) is 0 Å². The fourth-order valence-corrected chi connectivity index (χ4v) is 2.41. The molecule has 98 valence electrons. The monoisotopic (exact) mass is 246 g/mol. The fraction of sp³-hybridized carbons (Fsp3) is 0.533. The van der Waals surface area contributed by atoms with Crippen molar-refractivity contribution in [3.05, 3.63) is 29.8 Å². The molecule has 1 unspecified atom stereocenters. The van der Waals surface area contributed by atoms with Crippen molar-refractivity contribution in [2.45, 2.75) is 45.7 Å². The van der Waals surface area contributed by atoms with Crippen molar-refractivity contribution >= 4 is 11.6 Å². The number of amides is 1. The minimum absolute atomic E-state index is 0.0277. The molecule has 3 heteroatoms. The molecule has 0 aromatic heterocycles. The average Bonchev–Trinajstić information content (AvgIpc) is 2.33. The van der Waals surface area contributed by atoms with Gasteiger partial charge in [0.05, 0.1) is 6.04 Å². The largest absolute Gasteiger partial charge is 0.311 e. The van der Waals surface area contributed by atoms with E-state index in [1.165, 1.54) is 5.56 Å². The van der Waals surface area contributed by atoms with Crippen LogP contribution in [0, 0.1) is 6.92 Å². The molecule has 1 saturated heterocycles. The lowest BCUT2D eigenvalue weighted by Crippen LogP contribution is -2.52. The van der Waals surface area contributed by atoms with Crippen LogP contribution in [0.1, 0.15) is 32.3 Å². The summed E-state index contributed by atoms with van der Waals surface area (Å²) in [7, 11) is 0. The van der Waals surface area contributed by atoms with Gasteiger partial charge in [0, 0.05) is 18.3 Å². The second-order valence-corrected chi connectivity index (χ2v) is 5.34. The highest BCUT2D eigenvalue weighted by atomic mass is 16.2. The number of hydrogen-bond acceptors (Lipinski definition) is 2. The van der Waals surface area contributed by atoms with Crippen LogP contribution in [0.2, 0.25) is 0 Å². The van der Waals surface area contributed by atoms with Crippen LogP contribution in [-0.2, 0) is 4.79 Å². The molecular weight excluding hydrogens is 224 g/mol. The van der Waals surface area contributed by atoms with Crippen LogP contribution in [0.25, 0.3) is 0 Å². The van der Waals surface area contributed by atoms with Gasteiger partial charge < -0.3 is 10.2 Å². The molecule has 1 atom stereocenters. The van der Waals surface area contributed by atoms with Crippen molar-refractivity contribution in [2.75, 3.05) is 11.4 Å². The zero-order valence-electron chi connectivity index (χ0n) is 11.4. The molecule has 1 heterocycles. The molecule has 0 spiro atoms. The lowest BCUT2D eigenvalue weighted by Gasteiger charge is -2.33. The van der Waals surface area contributed by atoms with Crippen LogP contribution in [0.3, 0.4) is 0 Å². The Bertz CT molecular complexity index is 411. The van der Waals surface area contributed by atoms with Gasteiger partial charge in [-0.1, -0.05) is 31.5 Å². The van der Waals surface area contributed by atoms with Crippen LogP contribution in [0.5, 0.6) is 0 Å². The Morgan fingerprint density at radius 1 is 1.28 bits per heavy atom. The summed E-state index contributed by atoms with van der Waals surface area (Å²) >= 11 is 0. The summed E-state index contributed by atoms with van der Waals surface area (Å²) in [5, 5.41) is 3.35. The maximum Gasteiger partial charge on any atom is 0.244 e. The summed E-state index contributed by atoms with van der Waals surface area (Å²) in [4.78, 5) is 14.3. The summed E-state index contributed by atoms with van der Waals surface area (Å²) in [5.41, 5.74) is 2.24. The third-order valence-corrected chi connectivity index (χ3v) is 3.32. The number of rotatable bonds is 3. The number of nitrogens with zero attached hydrogens (tertiary/aromatic N) is 1. The Balaban J connectivity index is 2.13. The summed E-state index contributed by atoms with van der Waals surface area (Å²) in [6.45, 7) is 7.05. The minimum Gasteiger partial charge on any atom is -0.311 e. The van der Waals surface area contributed by atoms with E-state index in [2.05, 4.69) is 38.2 Å². The Morgan fingerprint density at radius 2 is 1.94 bits per heavy atom. The first-order valence-corrected chi connectivity index (χ1v) is 6.72. The normalized spacial score (nSPS) is 20.6. The molecule has 0 radical (unpaired) electrons. The van der Waals surface area contributed by atoms with Gasteiger partial charge in [0.15, 0.2) is 0 Å². The van der Waals surface area contributed by atoms with Gasteiger partial charge in [-0.15, -0.1) is 0 Å². The molecule has 1 amide bonds. The van der Waals surface area contributed by atoms with Crippen LogP contribution >= 0.6 is 0 Å². The van der Waals surface area contributed by atoms with Gasteiger partial charge in [-0.3, -0.25) is 4.79 Å². The number of hydrogen-bond donors (Lipinski definition) is 1. The van der Waals surface area contributed by atoms with E-state index in [-0.39, 0.29) is 11.9 Å². The average molecular weight is 246 g/mol. The SMILES string of the molecule is Cc1ccc(N2CCCC(NC(C)C)C2=O)cc1. The highest BCUT2D eigenvalue weighted by molar-refractivity contribution is 5.97. The van der Waals surface area contributed by atoms with Crippen LogP contribution in [0.4, 0.5) is 5.69 Å². The zero-order chi connectivity index (χ0) is 13.1. The van der Waals surface area contributed by atoms with Crippen molar-refractivity contribution in [3.63, 3.8) is 0 Å². The van der Waals surface area contributed by atoms with Crippen LogP contribution in [-0.4, -0.2) is 24.5 Å². The molecule has 0 bridgehead atoms. The number of aryl methyl sites for hydroxylation is 1. The Kier molecular flexibility index (Phi) is 4.02. The second kappa shape index (κ2) is 5.53. The van der Waals surface area contributed by atoms with E-state index in [0.717, 1.165) is 25.1 Å². The third-order valence-electron chi connectivity index (χ3n) is 3.32. The van der Waals surface area contributed by atoms with Gasteiger partial charge in [0.2, 0.25) is 5.91 Å². The summed E-state index contributed by atoms with van der Waals surface area (Å²) in [6.07, 6.45) is 2.00. The van der Waals surface area contributed by atoms with Crippen molar-refractivity contribution in [3.8, 4) is 0 Å². The number of piperidine rings is 1. The Morgan fingerprint density at radius 3 is 2.56 bits per heavy atom. The molecule has 1 fully saturated rings. The molecule has 0 aliphatic carbocycles. The lowest BCUT2D eigenvalue weighted by atomic mass is 10.0. The minimum atomic E-state index is -0.0277. The molecule has 18 heavy (non-hydrogen) atoms. The van der Waals surface area contributed by atoms with Gasteiger partial charge >= 0.3 is 0 Å². The van der Waals surface area contributed by atoms with E-state index in [0.29, 0.717) is 6.04 Å². The van der Waals surface area contributed by atoms with Gasteiger partial charge in [-0.05, 0) is 31.9 Å². The predicted molar refractivity (Wildman–Crippen MR) is 74.8 cm³/mol. The molecule has 2 rings (SSSR count). The molecule has 1 aromatic carbocycles. The van der Waals surface area contributed by atoms with Crippen molar-refractivity contribution in [2.24, 2.45) is 0 Å². The van der Waals surface area contributed by atoms with E-state index in [1.807, 2.05) is 17.0 Å². The molecule has 1 aromatic rings. The van der Waals surface area contributed by atoms with Gasteiger partial charge in [-0.25, -0.2) is 0 Å². The molecule has 0 saturated carbocycles. The van der Waals surface area contributed by atoms with Crippen molar-refractivity contribution in [1.29, 1.82) is 0 Å². The molecular formula is C15H22N2O. The highest BCUT2D eigenvalue weighted by Crippen LogP contribution is 2.21. The maximum absolute atomic E-state index is 12.4. The molecule has 1 aliphatic heterocycles. The number of nitrogens with one attached hydrogen (secondary N) is 1. The van der Waals surface area contributed by atoms with Gasteiger partial charge in [-0.2, -0.15) is 0 Å². The number of benzene rings is 1. The Hall–Kier alpha value is -1.35. The highest BCUT2D eigenvalue weighted by Gasteiger charge is 2.29. The van der Waals surface area contributed by atoms with E-state index in [1.54, 1.807) is 0 Å². The smallest absolute Gasteiger partial charge is 0.244 e. The topological polar surface area (TPSA) is 32.3 Å². The van der Waals surface area contributed by atoms with Crippen LogP contribution in [0.15, 0.2) is 24.3 Å². The molecule has 1 N–H and O–H groups in total. The summed E-state index contributed by atoms with van der Waals surface area (Å²) in [6, 6.07) is 8.50. The summed E-state index contributed by atoms with van der Waals surface area (Å²) < 4.78 is 0. The fourth-order valence-electron chi connectivity index (χ4n) is 2.41. The quantitative estimate of drug-likeness (QED) is 0.888. The first kappa shape index (κ1) is 13.1. The Labute approximate surface area is 109 Å². The third kappa shape index (κ3) is 2.91. The standard InChI is InChI=1S/C15H22N2O/c1-11(2)16-14-5-4-10-17(15(14)18)13-8-6-12(3)7-9-13/h6-9,11,14,16H,4-5,10H2,1-3H3. The lowest BCUT2D eigenvalue weighted by molar-refractivity contribution is -0.121. The maximum atomic E-state index is 12.4. The van der Waals surface area contributed by atoms with E-state index < -0.39 is 0 Å². The predicted octanol–water partition coefficient (Wildman–Crippen LogP) is 2.49. The number of anilines is 1. The molecule has 3 nitrogen and oxygen atoms in total. The summed E-state index contributed by atoms with van der Waals surface area (Å²) in [5.74, 6) is 0.207. The van der Waals surface area contributed by atoms with E-state index in [9.17, 15) is 4.79 Å². The van der Waals surface area contributed by atoms with Gasteiger partial charge in [0.1, 0.15) is 0 Å².